The van der Waals surface area contributed by atoms with E-state index in [0.717, 1.165) is 0 Å². The Morgan fingerprint density at radius 3 is 2.71 bits per heavy atom. The zero-order valence-electron chi connectivity index (χ0n) is 7.12. The van der Waals surface area contributed by atoms with Crippen LogP contribution in [0.2, 0.25) is 0 Å². The molecule has 0 aliphatic carbocycles. The predicted molar refractivity (Wildman–Crippen MR) is 53.7 cm³/mol. The van der Waals surface area contributed by atoms with Gasteiger partial charge in [-0.2, -0.15) is 5.26 Å². The maximum absolute atomic E-state index is 10.8. The summed E-state index contributed by atoms with van der Waals surface area (Å²) < 4.78 is 0.467. The third-order valence-electron chi connectivity index (χ3n) is 1.76. The molecule has 0 aliphatic heterocycles. The maximum atomic E-state index is 10.8. The van der Waals surface area contributed by atoms with Crippen LogP contribution in [0.15, 0.2) is 16.6 Å². The Kier molecular flexibility index (Phi) is 3.23. The zero-order chi connectivity index (χ0) is 10.7. The van der Waals surface area contributed by atoms with E-state index in [2.05, 4.69) is 15.9 Å². The molecule has 0 fully saturated rings. The lowest BCUT2D eigenvalue weighted by molar-refractivity contribution is 0.0695. The summed E-state index contributed by atoms with van der Waals surface area (Å²) in [5.41, 5.74) is 6.34. The van der Waals surface area contributed by atoms with Gasteiger partial charge in [0.2, 0.25) is 0 Å². The van der Waals surface area contributed by atoms with Crippen molar-refractivity contribution < 1.29 is 9.90 Å². The van der Waals surface area contributed by atoms with Crippen molar-refractivity contribution in [1.82, 2.24) is 0 Å². The van der Waals surface area contributed by atoms with Crippen LogP contribution in [-0.2, 0) is 6.54 Å². The standard InChI is InChI=1S/C9H7BrN2O2/c10-8-2-7(9(13)14)5(3-11)1-6(8)4-12/h1-2H,3,11H2,(H,13,14). The average molecular weight is 255 g/mol. The summed E-state index contributed by atoms with van der Waals surface area (Å²) in [6.07, 6.45) is 0. The summed E-state index contributed by atoms with van der Waals surface area (Å²) in [4.78, 5) is 10.8. The minimum atomic E-state index is -1.05. The molecule has 0 saturated carbocycles. The van der Waals surface area contributed by atoms with E-state index < -0.39 is 5.97 Å². The smallest absolute Gasteiger partial charge is 0.336 e. The summed E-state index contributed by atoms with van der Waals surface area (Å²) in [7, 11) is 0. The Bertz CT molecular complexity index is 424. The number of rotatable bonds is 2. The molecule has 4 nitrogen and oxygen atoms in total. The fourth-order valence-corrected chi connectivity index (χ4v) is 1.50. The van der Waals surface area contributed by atoms with Gasteiger partial charge in [-0.1, -0.05) is 0 Å². The van der Waals surface area contributed by atoms with Gasteiger partial charge >= 0.3 is 5.97 Å². The van der Waals surface area contributed by atoms with Crippen LogP contribution in [0, 0.1) is 11.3 Å². The van der Waals surface area contributed by atoms with Crippen LogP contribution in [0.1, 0.15) is 21.5 Å². The fourth-order valence-electron chi connectivity index (χ4n) is 1.07. The number of nitriles is 1. The van der Waals surface area contributed by atoms with Gasteiger partial charge in [-0.3, -0.25) is 0 Å². The van der Waals surface area contributed by atoms with E-state index in [-0.39, 0.29) is 12.1 Å². The van der Waals surface area contributed by atoms with Gasteiger partial charge in [0.1, 0.15) is 6.07 Å². The molecule has 3 N–H and O–H groups in total. The molecule has 14 heavy (non-hydrogen) atoms. The van der Waals surface area contributed by atoms with Crippen LogP contribution < -0.4 is 5.73 Å². The predicted octanol–water partition coefficient (Wildman–Crippen LogP) is 1.48. The second-order valence-electron chi connectivity index (χ2n) is 2.61. The highest BCUT2D eigenvalue weighted by molar-refractivity contribution is 9.10. The summed E-state index contributed by atoms with van der Waals surface area (Å²) in [6, 6.07) is 4.81. The van der Waals surface area contributed by atoms with Crippen LogP contribution in [0.25, 0.3) is 0 Å². The molecule has 72 valence electrons. The molecule has 1 aromatic carbocycles. The van der Waals surface area contributed by atoms with Crippen LogP contribution in [0.4, 0.5) is 0 Å². The van der Waals surface area contributed by atoms with Crippen molar-refractivity contribution in [3.8, 4) is 6.07 Å². The van der Waals surface area contributed by atoms with Crippen molar-refractivity contribution in [2.45, 2.75) is 6.54 Å². The van der Waals surface area contributed by atoms with Crippen molar-refractivity contribution in [2.24, 2.45) is 5.73 Å². The zero-order valence-corrected chi connectivity index (χ0v) is 8.71. The SMILES string of the molecule is N#Cc1cc(CN)c(C(=O)O)cc1Br. The fraction of sp³-hybridized carbons (Fsp3) is 0.111. The van der Waals surface area contributed by atoms with E-state index in [1.165, 1.54) is 12.1 Å². The molecule has 0 aromatic heterocycles. The molecule has 0 amide bonds. The van der Waals surface area contributed by atoms with Gasteiger partial charge in [0.25, 0.3) is 0 Å². The molecular weight excluding hydrogens is 248 g/mol. The summed E-state index contributed by atoms with van der Waals surface area (Å²) >= 11 is 3.11. The molecule has 1 aromatic rings. The van der Waals surface area contributed by atoms with Gasteiger partial charge in [0.15, 0.2) is 0 Å². The first kappa shape index (κ1) is 10.7. The largest absolute Gasteiger partial charge is 0.478 e. The molecule has 0 bridgehead atoms. The molecule has 0 radical (unpaired) electrons. The normalized spacial score (nSPS) is 9.50. The van der Waals surface area contributed by atoms with Crippen LogP contribution in [0.3, 0.4) is 0 Å². The number of carboxylic acids is 1. The Morgan fingerprint density at radius 1 is 1.64 bits per heavy atom. The summed E-state index contributed by atoms with van der Waals surface area (Å²) in [5, 5.41) is 17.5. The van der Waals surface area contributed by atoms with Gasteiger partial charge in [-0.15, -0.1) is 0 Å². The van der Waals surface area contributed by atoms with E-state index in [9.17, 15) is 4.79 Å². The van der Waals surface area contributed by atoms with Crippen LogP contribution in [-0.4, -0.2) is 11.1 Å². The molecule has 0 unspecified atom stereocenters. The topological polar surface area (TPSA) is 87.1 Å². The first-order chi connectivity index (χ1) is 6.60. The van der Waals surface area contributed by atoms with Gasteiger partial charge in [0.05, 0.1) is 11.1 Å². The van der Waals surface area contributed by atoms with E-state index >= 15 is 0 Å². The van der Waals surface area contributed by atoms with Crippen molar-refractivity contribution in [1.29, 1.82) is 5.26 Å². The van der Waals surface area contributed by atoms with Crippen molar-refractivity contribution >= 4 is 21.9 Å². The summed E-state index contributed by atoms with van der Waals surface area (Å²) in [6.45, 7) is 0.101. The van der Waals surface area contributed by atoms with E-state index in [0.29, 0.717) is 15.6 Å². The van der Waals surface area contributed by atoms with E-state index in [1.807, 2.05) is 6.07 Å². The van der Waals surface area contributed by atoms with Crippen molar-refractivity contribution in [3.63, 3.8) is 0 Å². The quantitative estimate of drug-likeness (QED) is 0.837. The Hall–Kier alpha value is -1.38. The second kappa shape index (κ2) is 4.22. The number of benzene rings is 1. The molecule has 1 rings (SSSR count). The monoisotopic (exact) mass is 254 g/mol. The minimum Gasteiger partial charge on any atom is -0.478 e. The third-order valence-corrected chi connectivity index (χ3v) is 2.42. The Balaban J connectivity index is 3.41. The van der Waals surface area contributed by atoms with Gasteiger partial charge in [-0.05, 0) is 33.6 Å². The van der Waals surface area contributed by atoms with Gasteiger partial charge in [-0.25, -0.2) is 4.79 Å². The number of carboxylic acid groups (broad SMARTS) is 1. The highest BCUT2D eigenvalue weighted by Gasteiger charge is 2.12. The number of halogens is 1. The number of hydrogen-bond donors (Lipinski definition) is 2. The van der Waals surface area contributed by atoms with Gasteiger partial charge in [0, 0.05) is 11.0 Å². The number of nitrogens with zero attached hydrogens (tertiary/aromatic N) is 1. The van der Waals surface area contributed by atoms with Crippen LogP contribution >= 0.6 is 15.9 Å². The second-order valence-corrected chi connectivity index (χ2v) is 3.46. The van der Waals surface area contributed by atoms with E-state index in [1.54, 1.807) is 0 Å². The number of carbonyl (C=O) groups is 1. The summed E-state index contributed by atoms with van der Waals surface area (Å²) in [5.74, 6) is -1.05. The van der Waals surface area contributed by atoms with E-state index in [4.69, 9.17) is 16.1 Å². The van der Waals surface area contributed by atoms with Crippen molar-refractivity contribution in [3.05, 3.63) is 33.3 Å². The Labute approximate surface area is 89.1 Å². The lowest BCUT2D eigenvalue weighted by atomic mass is 10.0. The maximum Gasteiger partial charge on any atom is 0.336 e. The molecule has 0 aliphatic rings. The highest BCUT2D eigenvalue weighted by Crippen LogP contribution is 2.21. The van der Waals surface area contributed by atoms with Gasteiger partial charge < -0.3 is 10.8 Å². The number of nitrogens with two attached hydrogens (primary N) is 1. The Morgan fingerprint density at radius 2 is 2.29 bits per heavy atom. The molecule has 0 atom stereocenters. The van der Waals surface area contributed by atoms with Crippen LogP contribution in [0.5, 0.6) is 0 Å². The molecule has 5 heteroatoms. The molecule has 0 heterocycles. The molecule has 0 saturated heterocycles. The molecular formula is C9H7BrN2O2. The average Bonchev–Trinajstić information content (AvgIpc) is 2.17. The minimum absolute atomic E-state index is 0.101. The lowest BCUT2D eigenvalue weighted by Gasteiger charge is -2.05. The molecule has 0 spiro atoms. The highest BCUT2D eigenvalue weighted by atomic mass is 79.9. The lowest BCUT2D eigenvalue weighted by Crippen LogP contribution is -2.07. The van der Waals surface area contributed by atoms with Crippen molar-refractivity contribution in [2.75, 3.05) is 0 Å². The first-order valence-corrected chi connectivity index (χ1v) is 4.55. The number of hydrogen-bond acceptors (Lipinski definition) is 3. The first-order valence-electron chi connectivity index (χ1n) is 3.76. The third kappa shape index (κ3) is 1.92. The number of aromatic carboxylic acids is 1.